The third-order valence-corrected chi connectivity index (χ3v) is 2.69. The summed E-state index contributed by atoms with van der Waals surface area (Å²) < 4.78 is 5.31. The lowest BCUT2D eigenvalue weighted by molar-refractivity contribution is 0.185. The zero-order chi connectivity index (χ0) is 10.3. The van der Waals surface area contributed by atoms with E-state index < -0.39 is 0 Å². The van der Waals surface area contributed by atoms with Crippen molar-refractivity contribution in [2.24, 2.45) is 5.92 Å². The van der Waals surface area contributed by atoms with Crippen molar-refractivity contribution in [3.05, 3.63) is 12.2 Å². The van der Waals surface area contributed by atoms with Crippen molar-refractivity contribution < 1.29 is 4.74 Å². The summed E-state index contributed by atoms with van der Waals surface area (Å²) in [4.78, 5) is 4.08. The highest BCUT2D eigenvalue weighted by Crippen LogP contribution is 2.10. The van der Waals surface area contributed by atoms with Gasteiger partial charge in [0, 0.05) is 19.6 Å². The molecule has 0 aromatic carbocycles. The van der Waals surface area contributed by atoms with E-state index >= 15 is 0 Å². The third kappa shape index (κ3) is 3.60. The molecule has 1 saturated heterocycles. The maximum atomic E-state index is 5.31. The van der Waals surface area contributed by atoms with Crippen molar-refractivity contribution in [1.29, 1.82) is 0 Å². The van der Waals surface area contributed by atoms with Crippen LogP contribution in [0.3, 0.4) is 0 Å². The van der Waals surface area contributed by atoms with E-state index in [1.54, 1.807) is 6.33 Å². The summed E-state index contributed by atoms with van der Waals surface area (Å²) in [6.45, 7) is 3.98. The van der Waals surface area contributed by atoms with Crippen molar-refractivity contribution in [3.8, 4) is 0 Å². The van der Waals surface area contributed by atoms with Crippen LogP contribution in [-0.2, 0) is 11.2 Å². The summed E-state index contributed by atoms with van der Waals surface area (Å²) >= 11 is 0. The molecule has 1 atom stereocenters. The van der Waals surface area contributed by atoms with Gasteiger partial charge in [0.2, 0.25) is 0 Å². The number of hydrogen-bond donors (Lipinski definition) is 2. The van der Waals surface area contributed by atoms with Crippen molar-refractivity contribution in [1.82, 2.24) is 20.5 Å². The van der Waals surface area contributed by atoms with Gasteiger partial charge in [-0.25, -0.2) is 4.98 Å². The van der Waals surface area contributed by atoms with Gasteiger partial charge in [0.25, 0.3) is 0 Å². The molecule has 2 heterocycles. The Kier molecular flexibility index (Phi) is 4.11. The highest BCUT2D eigenvalue weighted by Gasteiger charge is 2.14. The van der Waals surface area contributed by atoms with Gasteiger partial charge in [-0.15, -0.1) is 0 Å². The Hall–Kier alpha value is -0.940. The van der Waals surface area contributed by atoms with E-state index in [0.29, 0.717) is 0 Å². The van der Waals surface area contributed by atoms with Gasteiger partial charge in [0.1, 0.15) is 12.2 Å². The fourth-order valence-corrected chi connectivity index (χ4v) is 1.78. The number of nitrogens with zero attached hydrogens (tertiary/aromatic N) is 2. The van der Waals surface area contributed by atoms with Gasteiger partial charge >= 0.3 is 0 Å². The number of aromatic nitrogens is 3. The zero-order valence-corrected chi connectivity index (χ0v) is 8.91. The first-order valence-electron chi connectivity index (χ1n) is 5.58. The van der Waals surface area contributed by atoms with Crippen molar-refractivity contribution in [3.63, 3.8) is 0 Å². The van der Waals surface area contributed by atoms with Crippen LogP contribution < -0.4 is 5.32 Å². The molecule has 0 spiro atoms. The van der Waals surface area contributed by atoms with Gasteiger partial charge in [-0.3, -0.25) is 5.10 Å². The monoisotopic (exact) mass is 210 g/mol. The molecule has 0 bridgehead atoms. The van der Waals surface area contributed by atoms with Gasteiger partial charge in [-0.2, -0.15) is 5.10 Å². The van der Waals surface area contributed by atoms with Crippen LogP contribution in [-0.4, -0.2) is 41.5 Å². The molecule has 0 radical (unpaired) electrons. The van der Waals surface area contributed by atoms with E-state index in [2.05, 4.69) is 20.5 Å². The third-order valence-electron chi connectivity index (χ3n) is 2.69. The number of nitrogens with one attached hydrogen (secondary N) is 2. The van der Waals surface area contributed by atoms with Gasteiger partial charge in [-0.1, -0.05) is 0 Å². The lowest BCUT2D eigenvalue weighted by Crippen LogP contribution is -2.24. The molecule has 5 nitrogen and oxygen atoms in total. The Morgan fingerprint density at radius 2 is 2.60 bits per heavy atom. The first kappa shape index (κ1) is 10.6. The van der Waals surface area contributed by atoms with Crippen LogP contribution in [0, 0.1) is 5.92 Å². The first-order chi connectivity index (χ1) is 7.45. The van der Waals surface area contributed by atoms with Crippen LogP contribution in [0.4, 0.5) is 0 Å². The number of ether oxygens (including phenoxy) is 1. The summed E-state index contributed by atoms with van der Waals surface area (Å²) in [5.74, 6) is 1.69. The molecule has 2 N–H and O–H groups in total. The lowest BCUT2D eigenvalue weighted by Gasteiger charge is -2.08. The smallest absolute Gasteiger partial charge is 0.137 e. The Labute approximate surface area is 89.6 Å². The second kappa shape index (κ2) is 5.82. The number of H-pyrrole nitrogens is 1. The normalized spacial score (nSPS) is 20.9. The average molecular weight is 210 g/mol. The van der Waals surface area contributed by atoms with Crippen LogP contribution in [0.5, 0.6) is 0 Å². The van der Waals surface area contributed by atoms with Gasteiger partial charge in [0.15, 0.2) is 0 Å². The molecule has 2 rings (SSSR count). The molecule has 1 aromatic rings. The molecular formula is C10H18N4O. The maximum absolute atomic E-state index is 5.31. The van der Waals surface area contributed by atoms with Crippen LogP contribution in [0.2, 0.25) is 0 Å². The Bertz CT molecular complexity index is 256. The van der Waals surface area contributed by atoms with Gasteiger partial charge < -0.3 is 10.1 Å². The van der Waals surface area contributed by atoms with Crippen LogP contribution in [0.15, 0.2) is 6.33 Å². The Morgan fingerprint density at radius 3 is 3.33 bits per heavy atom. The predicted octanol–water partition coefficient (Wildman–Crippen LogP) is 0.363. The van der Waals surface area contributed by atoms with Crippen molar-refractivity contribution in [2.45, 2.75) is 19.3 Å². The fraction of sp³-hybridized carbons (Fsp3) is 0.800. The molecule has 84 valence electrons. The summed E-state index contributed by atoms with van der Waals surface area (Å²) in [6, 6.07) is 0. The van der Waals surface area contributed by atoms with E-state index in [4.69, 9.17) is 4.74 Å². The van der Waals surface area contributed by atoms with Crippen LogP contribution >= 0.6 is 0 Å². The predicted molar refractivity (Wildman–Crippen MR) is 56.5 cm³/mol. The van der Waals surface area contributed by atoms with E-state index in [1.165, 1.54) is 6.42 Å². The van der Waals surface area contributed by atoms with E-state index in [1.807, 2.05) is 0 Å². The molecule has 1 aromatic heterocycles. The first-order valence-corrected chi connectivity index (χ1v) is 5.58. The second-order valence-corrected chi connectivity index (χ2v) is 3.97. The molecule has 0 aliphatic carbocycles. The molecule has 0 amide bonds. The van der Waals surface area contributed by atoms with E-state index in [0.717, 1.165) is 50.9 Å². The number of rotatable bonds is 6. The molecule has 1 unspecified atom stereocenters. The van der Waals surface area contributed by atoms with E-state index in [9.17, 15) is 0 Å². The molecule has 1 fully saturated rings. The summed E-state index contributed by atoms with van der Waals surface area (Å²) in [5, 5.41) is 10.1. The topological polar surface area (TPSA) is 62.8 Å². The second-order valence-electron chi connectivity index (χ2n) is 3.97. The molecule has 5 heteroatoms. The highest BCUT2D eigenvalue weighted by atomic mass is 16.5. The van der Waals surface area contributed by atoms with E-state index in [-0.39, 0.29) is 0 Å². The number of aromatic amines is 1. The standard InChI is InChI=1S/C10H18N4O/c1(2-10-12-8-13-14-10)4-11-6-9-3-5-15-7-9/h8-9,11H,1-7H2,(H,12,13,14). The number of aryl methyl sites for hydroxylation is 1. The highest BCUT2D eigenvalue weighted by molar-refractivity contribution is 4.79. The van der Waals surface area contributed by atoms with Crippen molar-refractivity contribution >= 4 is 0 Å². The van der Waals surface area contributed by atoms with Crippen LogP contribution in [0.1, 0.15) is 18.7 Å². The fourth-order valence-electron chi connectivity index (χ4n) is 1.78. The molecule has 15 heavy (non-hydrogen) atoms. The summed E-state index contributed by atoms with van der Waals surface area (Å²) in [7, 11) is 0. The Balaban J connectivity index is 1.48. The summed E-state index contributed by atoms with van der Waals surface area (Å²) in [6.07, 6.45) is 4.82. The molecular weight excluding hydrogens is 192 g/mol. The zero-order valence-electron chi connectivity index (χ0n) is 8.91. The lowest BCUT2D eigenvalue weighted by atomic mass is 10.1. The average Bonchev–Trinajstić information content (AvgIpc) is 2.88. The molecule has 1 aliphatic rings. The van der Waals surface area contributed by atoms with Crippen molar-refractivity contribution in [2.75, 3.05) is 26.3 Å². The largest absolute Gasteiger partial charge is 0.381 e. The minimum atomic E-state index is 0.718. The minimum absolute atomic E-state index is 0.718. The number of hydrogen-bond acceptors (Lipinski definition) is 4. The molecule has 0 saturated carbocycles. The summed E-state index contributed by atoms with van der Waals surface area (Å²) in [5.41, 5.74) is 0. The van der Waals surface area contributed by atoms with Crippen LogP contribution in [0.25, 0.3) is 0 Å². The Morgan fingerprint density at radius 1 is 1.60 bits per heavy atom. The SMILES string of the molecule is c1n[nH]c(CCCNCC2CCOC2)n1. The quantitative estimate of drug-likeness (QED) is 0.666. The maximum Gasteiger partial charge on any atom is 0.137 e. The molecule has 1 aliphatic heterocycles. The van der Waals surface area contributed by atoms with Gasteiger partial charge in [0.05, 0.1) is 6.61 Å². The van der Waals surface area contributed by atoms with Gasteiger partial charge in [-0.05, 0) is 25.3 Å². The minimum Gasteiger partial charge on any atom is -0.381 e.